The lowest BCUT2D eigenvalue weighted by molar-refractivity contribution is 0.666. The van der Waals surface area contributed by atoms with E-state index in [0.29, 0.717) is 0 Å². The highest BCUT2D eigenvalue weighted by atomic mass is 32.2. The minimum atomic E-state index is 0.792. The molecule has 3 rings (SSSR count). The van der Waals surface area contributed by atoms with Gasteiger partial charge in [0, 0.05) is 16.7 Å². The summed E-state index contributed by atoms with van der Waals surface area (Å²) in [4.78, 5) is 1.21. The Morgan fingerprint density at radius 3 is 2.36 bits per heavy atom. The topological polar surface area (TPSA) is 17.8 Å². The minimum absolute atomic E-state index is 0.792. The second-order valence-corrected chi connectivity index (χ2v) is 6.11. The summed E-state index contributed by atoms with van der Waals surface area (Å²) in [5, 5.41) is 5.81. The molecule has 0 bridgehead atoms. The number of nitrogens with zero attached hydrogens (tertiary/aromatic N) is 2. The van der Waals surface area contributed by atoms with Crippen LogP contribution < -0.4 is 0 Å². The van der Waals surface area contributed by atoms with Crippen molar-refractivity contribution in [3.8, 4) is 0 Å². The zero-order valence-electron chi connectivity index (χ0n) is 12.4. The summed E-state index contributed by atoms with van der Waals surface area (Å²) in [6, 6.07) is 20.8. The van der Waals surface area contributed by atoms with Crippen molar-refractivity contribution in [2.45, 2.75) is 22.9 Å². The highest BCUT2D eigenvalue weighted by Crippen LogP contribution is 2.29. The maximum absolute atomic E-state index is 4.75. The quantitative estimate of drug-likeness (QED) is 0.608. The van der Waals surface area contributed by atoms with Crippen LogP contribution in [0.4, 0.5) is 0 Å². The van der Waals surface area contributed by atoms with E-state index in [1.807, 2.05) is 22.9 Å². The van der Waals surface area contributed by atoms with Gasteiger partial charge in [0.1, 0.15) is 5.03 Å². The van der Waals surface area contributed by atoms with E-state index >= 15 is 0 Å². The number of hydrogen-bond acceptors (Lipinski definition) is 2. The van der Waals surface area contributed by atoms with Gasteiger partial charge in [-0.25, -0.2) is 0 Å². The van der Waals surface area contributed by atoms with Gasteiger partial charge < -0.3 is 0 Å². The zero-order valence-corrected chi connectivity index (χ0v) is 13.2. The molecular formula is C19H18N2S. The van der Waals surface area contributed by atoms with Gasteiger partial charge in [0.05, 0.1) is 6.54 Å². The van der Waals surface area contributed by atoms with Crippen LogP contribution in [0.3, 0.4) is 0 Å². The van der Waals surface area contributed by atoms with Gasteiger partial charge in [0.25, 0.3) is 0 Å². The van der Waals surface area contributed by atoms with Crippen molar-refractivity contribution in [3.63, 3.8) is 0 Å². The van der Waals surface area contributed by atoms with Crippen LogP contribution in [0.5, 0.6) is 0 Å². The van der Waals surface area contributed by atoms with Crippen molar-refractivity contribution in [2.24, 2.45) is 0 Å². The third-order valence-corrected chi connectivity index (χ3v) is 4.35. The molecule has 1 aromatic heterocycles. The molecule has 110 valence electrons. The predicted octanol–water partition coefficient (Wildman–Crippen LogP) is 4.81. The molecule has 0 saturated heterocycles. The van der Waals surface area contributed by atoms with E-state index in [9.17, 15) is 0 Å². The molecule has 0 aliphatic rings. The lowest BCUT2D eigenvalue weighted by Gasteiger charge is -2.01. The molecule has 1 heterocycles. The number of aromatic nitrogens is 2. The molecule has 0 radical (unpaired) electrons. The fourth-order valence-electron chi connectivity index (χ4n) is 2.28. The van der Waals surface area contributed by atoms with Crippen molar-refractivity contribution < 1.29 is 0 Å². The van der Waals surface area contributed by atoms with E-state index < -0.39 is 0 Å². The third-order valence-electron chi connectivity index (χ3n) is 3.31. The van der Waals surface area contributed by atoms with Crippen LogP contribution in [0, 0.1) is 0 Å². The highest BCUT2D eigenvalue weighted by Gasteiger charge is 2.10. The number of rotatable bonds is 6. The fourth-order valence-corrected chi connectivity index (χ4v) is 3.21. The van der Waals surface area contributed by atoms with Gasteiger partial charge in [0.2, 0.25) is 0 Å². The van der Waals surface area contributed by atoms with Crippen LogP contribution in [0.15, 0.2) is 89.4 Å². The Labute approximate surface area is 135 Å². The molecule has 22 heavy (non-hydrogen) atoms. The molecule has 3 aromatic rings. The molecule has 0 atom stereocenters. The Balaban J connectivity index is 1.84. The van der Waals surface area contributed by atoms with E-state index in [1.54, 1.807) is 11.8 Å². The summed E-state index contributed by atoms with van der Waals surface area (Å²) < 4.78 is 2.01. The Hall–Kier alpha value is -2.26. The van der Waals surface area contributed by atoms with E-state index in [-0.39, 0.29) is 0 Å². The average Bonchev–Trinajstić information content (AvgIpc) is 2.91. The van der Waals surface area contributed by atoms with Gasteiger partial charge in [-0.05, 0) is 24.1 Å². The molecule has 0 unspecified atom stereocenters. The first kappa shape index (κ1) is 14.7. The van der Waals surface area contributed by atoms with E-state index in [0.717, 1.165) is 18.0 Å². The van der Waals surface area contributed by atoms with Crippen molar-refractivity contribution in [3.05, 3.63) is 90.6 Å². The van der Waals surface area contributed by atoms with Crippen molar-refractivity contribution in [1.29, 1.82) is 0 Å². The summed E-state index contributed by atoms with van der Waals surface area (Å²) >= 11 is 1.71. The smallest absolute Gasteiger partial charge is 0.126 e. The van der Waals surface area contributed by atoms with Gasteiger partial charge in [0.15, 0.2) is 0 Å². The second-order valence-electron chi connectivity index (χ2n) is 5.05. The van der Waals surface area contributed by atoms with Crippen LogP contribution in [0.2, 0.25) is 0 Å². The van der Waals surface area contributed by atoms with Crippen LogP contribution >= 0.6 is 11.8 Å². The molecule has 2 nitrogen and oxygen atoms in total. The number of allylic oxidation sites excluding steroid dienone is 1. The number of hydrogen-bond donors (Lipinski definition) is 0. The molecule has 0 amide bonds. The second kappa shape index (κ2) is 7.14. The highest BCUT2D eigenvalue weighted by molar-refractivity contribution is 7.99. The van der Waals surface area contributed by atoms with Crippen LogP contribution in [0.25, 0.3) is 0 Å². The summed E-state index contributed by atoms with van der Waals surface area (Å²) in [5.41, 5.74) is 2.48. The number of benzene rings is 2. The molecule has 0 spiro atoms. The van der Waals surface area contributed by atoms with Crippen LogP contribution in [-0.2, 0) is 13.0 Å². The molecule has 0 fully saturated rings. The van der Waals surface area contributed by atoms with Gasteiger partial charge in [-0.3, -0.25) is 4.68 Å². The normalized spacial score (nSPS) is 10.5. The largest absolute Gasteiger partial charge is 0.267 e. The van der Waals surface area contributed by atoms with E-state index in [1.165, 1.54) is 16.0 Å². The Kier molecular flexibility index (Phi) is 4.76. The predicted molar refractivity (Wildman–Crippen MR) is 92.2 cm³/mol. The van der Waals surface area contributed by atoms with Crippen molar-refractivity contribution >= 4 is 11.8 Å². The van der Waals surface area contributed by atoms with Gasteiger partial charge in [-0.1, -0.05) is 66.4 Å². The van der Waals surface area contributed by atoms with Crippen molar-refractivity contribution in [1.82, 2.24) is 9.78 Å². The first-order valence-electron chi connectivity index (χ1n) is 7.29. The lowest BCUT2D eigenvalue weighted by Crippen LogP contribution is -1.99. The first-order chi connectivity index (χ1) is 10.8. The van der Waals surface area contributed by atoms with Crippen molar-refractivity contribution in [2.75, 3.05) is 0 Å². The maximum Gasteiger partial charge on any atom is 0.126 e. The molecule has 2 aromatic carbocycles. The summed E-state index contributed by atoms with van der Waals surface area (Å²) in [7, 11) is 0. The molecule has 0 saturated carbocycles. The summed E-state index contributed by atoms with van der Waals surface area (Å²) in [6.45, 7) is 4.64. The van der Waals surface area contributed by atoms with Gasteiger partial charge >= 0.3 is 0 Å². The fraction of sp³-hybridized carbons (Fsp3) is 0.105. The van der Waals surface area contributed by atoms with E-state index in [4.69, 9.17) is 5.10 Å². The molecule has 0 aliphatic heterocycles. The standard InChI is InChI=1S/C19H18N2S/c1-2-9-17-15-21(14-16-10-5-3-6-11-16)20-19(17)22-18-12-7-4-8-13-18/h2-8,10-13,15H,1,9,14H2. The third kappa shape index (κ3) is 3.68. The van der Waals surface area contributed by atoms with Crippen LogP contribution in [0.1, 0.15) is 11.1 Å². The summed E-state index contributed by atoms with van der Waals surface area (Å²) in [6.07, 6.45) is 4.89. The first-order valence-corrected chi connectivity index (χ1v) is 8.11. The van der Waals surface area contributed by atoms with Crippen LogP contribution in [-0.4, -0.2) is 9.78 Å². The summed E-state index contributed by atoms with van der Waals surface area (Å²) in [5.74, 6) is 0. The Morgan fingerprint density at radius 1 is 1.00 bits per heavy atom. The molecule has 3 heteroatoms. The monoisotopic (exact) mass is 306 g/mol. The average molecular weight is 306 g/mol. The SMILES string of the molecule is C=CCc1cn(Cc2ccccc2)nc1Sc1ccccc1. The maximum atomic E-state index is 4.75. The molecule has 0 N–H and O–H groups in total. The zero-order chi connectivity index (χ0) is 15.2. The Morgan fingerprint density at radius 2 is 1.68 bits per heavy atom. The minimum Gasteiger partial charge on any atom is -0.267 e. The van der Waals surface area contributed by atoms with Gasteiger partial charge in [-0.2, -0.15) is 5.10 Å². The van der Waals surface area contributed by atoms with E-state index in [2.05, 4.69) is 61.3 Å². The molecular weight excluding hydrogens is 288 g/mol. The molecule has 0 aliphatic carbocycles. The lowest BCUT2D eigenvalue weighted by atomic mass is 10.2. The van der Waals surface area contributed by atoms with Gasteiger partial charge in [-0.15, -0.1) is 6.58 Å². The Bertz CT molecular complexity index is 733.